The fraction of sp³-hybridized carbons (Fsp3) is 0.846. The van der Waals surface area contributed by atoms with Crippen LogP contribution in [-0.4, -0.2) is 28.9 Å². The maximum absolute atomic E-state index is 12.6. The Kier molecular flexibility index (Phi) is 2.65. The van der Waals surface area contributed by atoms with Crippen molar-refractivity contribution in [2.45, 2.75) is 38.5 Å². The van der Waals surface area contributed by atoms with Gasteiger partial charge in [0.05, 0.1) is 10.4 Å². The van der Waals surface area contributed by atoms with Crippen molar-refractivity contribution in [1.29, 1.82) is 0 Å². The SMILES string of the molecule is NC(=S)C1(C(=O)N(CC2CC2)CC2CC2)CC1. The van der Waals surface area contributed by atoms with Crippen LogP contribution in [0.5, 0.6) is 0 Å². The van der Waals surface area contributed by atoms with Crippen molar-refractivity contribution in [3.63, 3.8) is 0 Å². The lowest BCUT2D eigenvalue weighted by Crippen LogP contribution is -2.44. The van der Waals surface area contributed by atoms with Gasteiger partial charge in [0.25, 0.3) is 0 Å². The summed E-state index contributed by atoms with van der Waals surface area (Å²) in [6, 6.07) is 0. The second kappa shape index (κ2) is 3.94. The molecule has 3 rings (SSSR count). The van der Waals surface area contributed by atoms with E-state index in [-0.39, 0.29) is 5.91 Å². The molecule has 0 bridgehead atoms. The number of carbonyl (C=O) groups excluding carboxylic acids is 1. The molecule has 0 saturated heterocycles. The Morgan fingerprint density at radius 1 is 1.18 bits per heavy atom. The first-order valence-corrected chi connectivity index (χ1v) is 7.12. The molecule has 4 heteroatoms. The summed E-state index contributed by atoms with van der Waals surface area (Å²) in [5, 5.41) is 0. The van der Waals surface area contributed by atoms with Crippen LogP contribution in [0.2, 0.25) is 0 Å². The number of thiocarbonyl (C=S) groups is 1. The summed E-state index contributed by atoms with van der Waals surface area (Å²) in [7, 11) is 0. The average molecular weight is 252 g/mol. The van der Waals surface area contributed by atoms with Crippen LogP contribution in [0.15, 0.2) is 0 Å². The molecular weight excluding hydrogens is 232 g/mol. The molecule has 0 spiro atoms. The van der Waals surface area contributed by atoms with Crippen LogP contribution < -0.4 is 5.73 Å². The molecule has 3 aliphatic carbocycles. The zero-order valence-corrected chi connectivity index (χ0v) is 11.0. The van der Waals surface area contributed by atoms with E-state index in [9.17, 15) is 4.79 Å². The summed E-state index contributed by atoms with van der Waals surface area (Å²) in [4.78, 5) is 15.0. The van der Waals surface area contributed by atoms with Crippen LogP contribution in [0.25, 0.3) is 0 Å². The number of nitrogens with zero attached hydrogens (tertiary/aromatic N) is 1. The molecule has 3 fully saturated rings. The Morgan fingerprint density at radius 3 is 1.94 bits per heavy atom. The fourth-order valence-corrected chi connectivity index (χ4v) is 2.75. The van der Waals surface area contributed by atoms with Crippen molar-refractivity contribution in [2.75, 3.05) is 13.1 Å². The molecule has 0 aliphatic heterocycles. The van der Waals surface area contributed by atoms with Gasteiger partial charge >= 0.3 is 0 Å². The largest absolute Gasteiger partial charge is 0.392 e. The van der Waals surface area contributed by atoms with Gasteiger partial charge in [-0.05, 0) is 50.4 Å². The van der Waals surface area contributed by atoms with Gasteiger partial charge in [0, 0.05) is 13.1 Å². The van der Waals surface area contributed by atoms with E-state index in [2.05, 4.69) is 4.90 Å². The summed E-state index contributed by atoms with van der Waals surface area (Å²) in [5.41, 5.74) is 5.30. The molecule has 1 amide bonds. The highest BCUT2D eigenvalue weighted by molar-refractivity contribution is 7.80. The number of rotatable bonds is 6. The highest BCUT2D eigenvalue weighted by Gasteiger charge is 2.55. The maximum atomic E-state index is 12.6. The van der Waals surface area contributed by atoms with E-state index in [0.29, 0.717) is 4.99 Å². The average Bonchev–Trinajstić information content (AvgIpc) is 3.12. The second-order valence-electron chi connectivity index (χ2n) is 6.04. The van der Waals surface area contributed by atoms with Crippen molar-refractivity contribution in [2.24, 2.45) is 23.0 Å². The van der Waals surface area contributed by atoms with Crippen LogP contribution in [0.1, 0.15) is 38.5 Å². The fourth-order valence-electron chi connectivity index (χ4n) is 2.46. The van der Waals surface area contributed by atoms with E-state index < -0.39 is 5.41 Å². The minimum absolute atomic E-state index is 0.226. The summed E-state index contributed by atoms with van der Waals surface area (Å²) in [6.45, 7) is 1.89. The van der Waals surface area contributed by atoms with Crippen molar-refractivity contribution in [3.05, 3.63) is 0 Å². The van der Waals surface area contributed by atoms with E-state index in [1.165, 1.54) is 25.7 Å². The molecule has 3 saturated carbocycles. The minimum atomic E-state index is -0.445. The summed E-state index contributed by atoms with van der Waals surface area (Å²) in [5.74, 6) is 1.73. The van der Waals surface area contributed by atoms with E-state index in [0.717, 1.165) is 37.8 Å². The van der Waals surface area contributed by atoms with Gasteiger partial charge in [0.15, 0.2) is 0 Å². The summed E-state index contributed by atoms with van der Waals surface area (Å²) < 4.78 is 0. The molecule has 0 radical (unpaired) electrons. The molecule has 3 nitrogen and oxygen atoms in total. The van der Waals surface area contributed by atoms with Crippen LogP contribution in [0, 0.1) is 17.3 Å². The molecule has 0 aromatic heterocycles. The molecular formula is C13H20N2OS. The van der Waals surface area contributed by atoms with Gasteiger partial charge in [-0.25, -0.2) is 0 Å². The number of nitrogens with two attached hydrogens (primary N) is 1. The van der Waals surface area contributed by atoms with Gasteiger partial charge in [-0.15, -0.1) is 0 Å². The Labute approximate surface area is 108 Å². The van der Waals surface area contributed by atoms with Crippen molar-refractivity contribution in [3.8, 4) is 0 Å². The molecule has 0 unspecified atom stereocenters. The number of carbonyl (C=O) groups is 1. The lowest BCUT2D eigenvalue weighted by atomic mass is 10.0. The Morgan fingerprint density at radius 2 is 1.65 bits per heavy atom. The van der Waals surface area contributed by atoms with Gasteiger partial charge in [-0.2, -0.15) is 0 Å². The van der Waals surface area contributed by atoms with Gasteiger partial charge in [0.1, 0.15) is 0 Å². The molecule has 17 heavy (non-hydrogen) atoms. The van der Waals surface area contributed by atoms with Gasteiger partial charge in [0.2, 0.25) is 5.91 Å². The lowest BCUT2D eigenvalue weighted by Gasteiger charge is -2.27. The topological polar surface area (TPSA) is 46.3 Å². The first-order valence-electron chi connectivity index (χ1n) is 6.71. The Bertz CT molecular complexity index is 342. The van der Waals surface area contributed by atoms with Crippen molar-refractivity contribution >= 4 is 23.1 Å². The maximum Gasteiger partial charge on any atom is 0.235 e. The molecule has 0 heterocycles. The van der Waals surface area contributed by atoms with Gasteiger partial charge in [-0.3, -0.25) is 4.79 Å². The molecule has 94 valence electrons. The third kappa shape index (κ3) is 2.32. The molecule has 0 atom stereocenters. The summed E-state index contributed by atoms with van der Waals surface area (Å²) in [6.07, 6.45) is 6.88. The minimum Gasteiger partial charge on any atom is -0.392 e. The molecule has 0 aromatic rings. The predicted octanol–water partition coefficient (Wildman–Crippen LogP) is 1.70. The third-order valence-corrected chi connectivity index (χ3v) is 4.66. The Hall–Kier alpha value is -0.640. The molecule has 0 aromatic carbocycles. The highest BCUT2D eigenvalue weighted by Crippen LogP contribution is 2.48. The highest BCUT2D eigenvalue weighted by atomic mass is 32.1. The zero-order chi connectivity index (χ0) is 12.0. The lowest BCUT2D eigenvalue weighted by molar-refractivity contribution is -0.135. The summed E-state index contributed by atoms with van der Waals surface area (Å²) >= 11 is 5.08. The van der Waals surface area contributed by atoms with Gasteiger partial charge < -0.3 is 10.6 Å². The van der Waals surface area contributed by atoms with E-state index in [1.54, 1.807) is 0 Å². The smallest absolute Gasteiger partial charge is 0.235 e. The van der Waals surface area contributed by atoms with Crippen LogP contribution >= 0.6 is 12.2 Å². The number of hydrogen-bond donors (Lipinski definition) is 1. The number of hydrogen-bond acceptors (Lipinski definition) is 2. The Balaban J connectivity index is 1.67. The predicted molar refractivity (Wildman–Crippen MR) is 70.5 cm³/mol. The zero-order valence-electron chi connectivity index (χ0n) is 10.2. The molecule has 2 N–H and O–H groups in total. The van der Waals surface area contributed by atoms with Crippen LogP contribution in [0.3, 0.4) is 0 Å². The third-order valence-electron chi connectivity index (χ3n) is 4.27. The first kappa shape index (κ1) is 11.5. The standard InChI is InChI=1S/C13H20N2OS/c14-11(17)13(5-6-13)12(16)15(7-9-1-2-9)8-10-3-4-10/h9-10H,1-8H2,(H2,14,17). The second-order valence-corrected chi connectivity index (χ2v) is 6.48. The monoisotopic (exact) mass is 252 g/mol. The van der Waals surface area contributed by atoms with E-state index in [4.69, 9.17) is 18.0 Å². The first-order chi connectivity index (χ1) is 8.12. The quantitative estimate of drug-likeness (QED) is 0.732. The van der Waals surface area contributed by atoms with Crippen molar-refractivity contribution < 1.29 is 4.79 Å². The van der Waals surface area contributed by atoms with Crippen LogP contribution in [-0.2, 0) is 4.79 Å². The van der Waals surface area contributed by atoms with E-state index in [1.807, 2.05) is 0 Å². The van der Waals surface area contributed by atoms with Gasteiger partial charge in [-0.1, -0.05) is 12.2 Å². The van der Waals surface area contributed by atoms with E-state index >= 15 is 0 Å². The normalized spacial score (nSPS) is 25.4. The number of amides is 1. The molecule has 3 aliphatic rings. The van der Waals surface area contributed by atoms with Crippen molar-refractivity contribution in [1.82, 2.24) is 4.90 Å². The van der Waals surface area contributed by atoms with Crippen LogP contribution in [0.4, 0.5) is 0 Å².